The van der Waals surface area contributed by atoms with Gasteiger partial charge in [-0.15, -0.1) is 0 Å². The summed E-state index contributed by atoms with van der Waals surface area (Å²) in [5.74, 6) is 0.0838. The SMILES string of the molecule is COCCn1ncc(Br)c1C(F)C1CCNCC1. The van der Waals surface area contributed by atoms with Gasteiger partial charge in [-0.1, -0.05) is 0 Å². The number of methoxy groups -OCH3 is 1. The normalized spacial score (nSPS) is 19.1. The summed E-state index contributed by atoms with van der Waals surface area (Å²) >= 11 is 3.40. The average Bonchev–Trinajstić information content (AvgIpc) is 2.77. The van der Waals surface area contributed by atoms with Crippen LogP contribution in [-0.4, -0.2) is 36.6 Å². The van der Waals surface area contributed by atoms with E-state index in [2.05, 4.69) is 26.3 Å². The van der Waals surface area contributed by atoms with E-state index in [1.54, 1.807) is 18.0 Å². The van der Waals surface area contributed by atoms with Gasteiger partial charge in [-0.2, -0.15) is 5.10 Å². The van der Waals surface area contributed by atoms with Gasteiger partial charge in [0.15, 0.2) is 0 Å². The number of piperidine rings is 1. The molecule has 0 spiro atoms. The van der Waals surface area contributed by atoms with Crippen LogP contribution in [0.1, 0.15) is 24.7 Å². The van der Waals surface area contributed by atoms with Gasteiger partial charge in [0.1, 0.15) is 6.17 Å². The molecule has 1 N–H and O–H groups in total. The second-order valence-corrected chi connectivity index (χ2v) is 5.44. The van der Waals surface area contributed by atoms with Crippen molar-refractivity contribution in [2.45, 2.75) is 25.6 Å². The van der Waals surface area contributed by atoms with E-state index in [-0.39, 0.29) is 5.92 Å². The zero-order valence-electron chi connectivity index (χ0n) is 10.5. The van der Waals surface area contributed by atoms with Gasteiger partial charge in [-0.05, 0) is 47.8 Å². The molecule has 1 fully saturated rings. The minimum Gasteiger partial charge on any atom is -0.383 e. The monoisotopic (exact) mass is 319 g/mol. The third kappa shape index (κ3) is 3.10. The Morgan fingerprint density at radius 2 is 2.33 bits per heavy atom. The molecule has 0 aliphatic carbocycles. The molecule has 2 rings (SSSR count). The van der Waals surface area contributed by atoms with Crippen LogP contribution in [0.3, 0.4) is 0 Å². The molecule has 0 amide bonds. The van der Waals surface area contributed by atoms with Crippen molar-refractivity contribution in [1.29, 1.82) is 0 Å². The van der Waals surface area contributed by atoms with Gasteiger partial charge in [-0.25, -0.2) is 4.39 Å². The summed E-state index contributed by atoms with van der Waals surface area (Å²) in [4.78, 5) is 0. The Kier molecular flexibility index (Phi) is 5.14. The van der Waals surface area contributed by atoms with Gasteiger partial charge in [0.25, 0.3) is 0 Å². The van der Waals surface area contributed by atoms with Gasteiger partial charge in [0.2, 0.25) is 0 Å². The molecule has 1 aliphatic heterocycles. The zero-order valence-corrected chi connectivity index (χ0v) is 12.1. The van der Waals surface area contributed by atoms with Crippen LogP contribution in [0.5, 0.6) is 0 Å². The van der Waals surface area contributed by atoms with Gasteiger partial charge in [0.05, 0.1) is 29.5 Å². The van der Waals surface area contributed by atoms with E-state index in [4.69, 9.17) is 4.74 Å². The summed E-state index contributed by atoms with van der Waals surface area (Å²) in [5, 5.41) is 7.46. The van der Waals surface area contributed by atoms with Gasteiger partial charge in [0, 0.05) is 7.11 Å². The molecule has 1 aromatic rings. The molecule has 1 saturated heterocycles. The molecule has 1 unspecified atom stereocenters. The van der Waals surface area contributed by atoms with Crippen molar-refractivity contribution in [3.8, 4) is 0 Å². The lowest BCUT2D eigenvalue weighted by Gasteiger charge is -2.26. The third-order valence-electron chi connectivity index (χ3n) is 3.40. The third-order valence-corrected chi connectivity index (χ3v) is 4.01. The summed E-state index contributed by atoms with van der Waals surface area (Å²) < 4.78 is 22.1. The number of rotatable bonds is 5. The zero-order chi connectivity index (χ0) is 13.0. The van der Waals surface area contributed by atoms with Crippen molar-refractivity contribution in [3.63, 3.8) is 0 Å². The van der Waals surface area contributed by atoms with Crippen LogP contribution in [0.25, 0.3) is 0 Å². The number of alkyl halides is 1. The highest BCUT2D eigenvalue weighted by Crippen LogP contribution is 2.35. The van der Waals surface area contributed by atoms with Crippen molar-refractivity contribution in [2.24, 2.45) is 5.92 Å². The summed E-state index contributed by atoms with van der Waals surface area (Å²) in [7, 11) is 1.64. The smallest absolute Gasteiger partial charge is 0.146 e. The molecule has 18 heavy (non-hydrogen) atoms. The van der Waals surface area contributed by atoms with Crippen LogP contribution in [0, 0.1) is 5.92 Å². The summed E-state index contributed by atoms with van der Waals surface area (Å²) in [6.07, 6.45) is 2.46. The van der Waals surface area contributed by atoms with E-state index >= 15 is 0 Å². The Hall–Kier alpha value is -0.460. The molecule has 1 aromatic heterocycles. The number of nitrogens with one attached hydrogen (secondary N) is 1. The number of aromatic nitrogens is 2. The number of ether oxygens (including phenoxy) is 1. The molecule has 0 saturated carbocycles. The fourth-order valence-electron chi connectivity index (χ4n) is 2.36. The number of halogens is 2. The molecule has 102 valence electrons. The van der Waals surface area contributed by atoms with Crippen molar-refractivity contribution in [2.75, 3.05) is 26.8 Å². The molecule has 2 heterocycles. The maximum Gasteiger partial charge on any atom is 0.146 e. The minimum absolute atomic E-state index is 0.0838. The van der Waals surface area contributed by atoms with Gasteiger partial charge >= 0.3 is 0 Å². The van der Waals surface area contributed by atoms with Crippen LogP contribution in [0.4, 0.5) is 4.39 Å². The van der Waals surface area contributed by atoms with Gasteiger partial charge in [-0.3, -0.25) is 4.68 Å². The maximum absolute atomic E-state index is 14.6. The van der Waals surface area contributed by atoms with Crippen LogP contribution in [-0.2, 0) is 11.3 Å². The lowest BCUT2D eigenvalue weighted by atomic mass is 9.91. The summed E-state index contributed by atoms with van der Waals surface area (Å²) in [6, 6.07) is 0. The summed E-state index contributed by atoms with van der Waals surface area (Å²) in [6.45, 7) is 2.92. The van der Waals surface area contributed by atoms with E-state index in [1.165, 1.54) is 0 Å². The topological polar surface area (TPSA) is 39.1 Å². The summed E-state index contributed by atoms with van der Waals surface area (Å²) in [5.41, 5.74) is 0.652. The number of hydrogen-bond acceptors (Lipinski definition) is 3. The first kappa shape index (κ1) is 14.0. The Balaban J connectivity index is 2.12. The van der Waals surface area contributed by atoms with E-state index in [0.29, 0.717) is 18.8 Å². The standard InChI is InChI=1S/C12H19BrFN3O/c1-18-7-6-17-12(10(13)8-16-17)11(14)9-2-4-15-5-3-9/h8-9,11,15H,2-7H2,1H3. The second-order valence-electron chi connectivity index (χ2n) is 4.58. The number of nitrogens with zero attached hydrogens (tertiary/aromatic N) is 2. The molecule has 1 atom stereocenters. The molecule has 0 radical (unpaired) electrons. The highest BCUT2D eigenvalue weighted by Gasteiger charge is 2.29. The second kappa shape index (κ2) is 6.63. The van der Waals surface area contributed by atoms with Crippen LogP contribution in [0.2, 0.25) is 0 Å². The van der Waals surface area contributed by atoms with Gasteiger partial charge < -0.3 is 10.1 Å². The maximum atomic E-state index is 14.6. The molecule has 6 heteroatoms. The molecular weight excluding hydrogens is 301 g/mol. The Morgan fingerprint density at radius 3 is 3.00 bits per heavy atom. The fourth-order valence-corrected chi connectivity index (χ4v) is 2.88. The molecule has 1 aliphatic rings. The van der Waals surface area contributed by atoms with E-state index in [0.717, 1.165) is 30.4 Å². The predicted octanol–water partition coefficient (Wildman–Crippen LogP) is 2.30. The average molecular weight is 320 g/mol. The van der Waals surface area contributed by atoms with Crippen LogP contribution in [0.15, 0.2) is 10.7 Å². The van der Waals surface area contributed by atoms with E-state index < -0.39 is 6.17 Å². The van der Waals surface area contributed by atoms with E-state index in [1.807, 2.05) is 0 Å². The first-order chi connectivity index (χ1) is 8.74. The first-order valence-corrected chi connectivity index (χ1v) is 7.08. The minimum atomic E-state index is -0.958. The van der Waals surface area contributed by atoms with Crippen molar-refractivity contribution in [1.82, 2.24) is 15.1 Å². The highest BCUT2D eigenvalue weighted by atomic mass is 79.9. The highest BCUT2D eigenvalue weighted by molar-refractivity contribution is 9.10. The van der Waals surface area contributed by atoms with Crippen molar-refractivity contribution in [3.05, 3.63) is 16.4 Å². The molecule has 0 aromatic carbocycles. The molecule has 0 bridgehead atoms. The quantitative estimate of drug-likeness (QED) is 0.905. The lowest BCUT2D eigenvalue weighted by molar-refractivity contribution is 0.161. The van der Waals surface area contributed by atoms with E-state index in [9.17, 15) is 4.39 Å². The largest absolute Gasteiger partial charge is 0.383 e. The molecular formula is C12H19BrFN3O. The lowest BCUT2D eigenvalue weighted by Crippen LogP contribution is -2.30. The first-order valence-electron chi connectivity index (χ1n) is 6.29. The Bertz CT molecular complexity index is 379. The fraction of sp³-hybridized carbons (Fsp3) is 0.750. The number of hydrogen-bond donors (Lipinski definition) is 1. The van der Waals surface area contributed by atoms with Crippen molar-refractivity contribution < 1.29 is 9.13 Å². The molecule has 4 nitrogen and oxygen atoms in total. The Morgan fingerprint density at radius 1 is 1.61 bits per heavy atom. The van der Waals surface area contributed by atoms with Crippen molar-refractivity contribution >= 4 is 15.9 Å². The Labute approximate surface area is 115 Å². The predicted molar refractivity (Wildman–Crippen MR) is 71.2 cm³/mol. The van der Waals surface area contributed by atoms with Crippen LogP contribution < -0.4 is 5.32 Å². The van der Waals surface area contributed by atoms with Crippen LogP contribution >= 0.6 is 15.9 Å².